The van der Waals surface area contributed by atoms with Crippen molar-refractivity contribution in [2.24, 2.45) is 5.92 Å². The van der Waals surface area contributed by atoms with Crippen molar-refractivity contribution in [3.8, 4) is 0 Å². The van der Waals surface area contributed by atoms with E-state index in [1.54, 1.807) is 0 Å². The normalized spacial score (nSPS) is 16.2. The van der Waals surface area contributed by atoms with Crippen LogP contribution < -0.4 is 5.32 Å². The lowest BCUT2D eigenvalue weighted by molar-refractivity contribution is 0.333. The minimum Gasteiger partial charge on any atom is -0.385 e. The first-order chi connectivity index (χ1) is 7.74. The molecule has 1 fully saturated rings. The summed E-state index contributed by atoms with van der Waals surface area (Å²) in [6.45, 7) is 2.16. The molecule has 1 aliphatic rings. The topological polar surface area (TPSA) is 15.3 Å². The fraction of sp³-hybridized carbons (Fsp3) is 0.571. The first kappa shape index (κ1) is 11.5. The van der Waals surface area contributed by atoms with Crippen molar-refractivity contribution in [3.05, 3.63) is 29.8 Å². The molecule has 0 bridgehead atoms. The molecule has 1 aliphatic carbocycles. The number of benzene rings is 1. The van der Waals surface area contributed by atoms with Gasteiger partial charge >= 0.3 is 0 Å². The second kappa shape index (κ2) is 5.35. The molecule has 2 nitrogen and oxygen atoms in total. The summed E-state index contributed by atoms with van der Waals surface area (Å²) < 4.78 is 0. The summed E-state index contributed by atoms with van der Waals surface area (Å²) in [7, 11) is 4.20. The van der Waals surface area contributed by atoms with Crippen LogP contribution in [0.4, 0.5) is 5.69 Å². The number of rotatable bonds is 5. The predicted octanol–water partition coefficient (Wildman–Crippen LogP) is 2.96. The highest BCUT2D eigenvalue weighted by atomic mass is 15.0. The summed E-state index contributed by atoms with van der Waals surface area (Å²) in [5, 5.41) is 3.51. The van der Waals surface area contributed by atoms with Gasteiger partial charge in [0.05, 0.1) is 0 Å². The Morgan fingerprint density at radius 1 is 1.19 bits per heavy atom. The van der Waals surface area contributed by atoms with Gasteiger partial charge < -0.3 is 10.2 Å². The molecule has 2 heteroatoms. The molecule has 0 saturated heterocycles. The average Bonchev–Trinajstić information content (AvgIpc) is 2.17. The van der Waals surface area contributed by atoms with E-state index < -0.39 is 0 Å². The molecular formula is C14H22N2. The lowest BCUT2D eigenvalue weighted by atomic mass is 9.85. The predicted molar refractivity (Wildman–Crippen MR) is 69.7 cm³/mol. The molecule has 0 aromatic heterocycles. The standard InChI is InChI=1S/C14H22N2/c1-16(2)11-13-6-8-14(9-7-13)15-10-12-4-3-5-12/h6-9,12,15H,3-5,10-11H2,1-2H3. The van der Waals surface area contributed by atoms with Gasteiger partial charge in [-0.15, -0.1) is 0 Å². The largest absolute Gasteiger partial charge is 0.385 e. The summed E-state index contributed by atoms with van der Waals surface area (Å²) in [6, 6.07) is 8.81. The van der Waals surface area contributed by atoms with E-state index >= 15 is 0 Å². The third-order valence-electron chi connectivity index (χ3n) is 3.27. The molecule has 0 radical (unpaired) electrons. The maximum absolute atomic E-state index is 3.51. The van der Waals surface area contributed by atoms with Crippen LogP contribution in [0.15, 0.2) is 24.3 Å². The molecule has 0 amide bonds. The van der Waals surface area contributed by atoms with E-state index in [9.17, 15) is 0 Å². The molecule has 0 heterocycles. The van der Waals surface area contributed by atoms with E-state index in [2.05, 4.69) is 48.6 Å². The Kier molecular flexibility index (Phi) is 3.83. The van der Waals surface area contributed by atoms with Crippen molar-refractivity contribution in [2.75, 3.05) is 26.0 Å². The van der Waals surface area contributed by atoms with E-state index in [4.69, 9.17) is 0 Å². The smallest absolute Gasteiger partial charge is 0.0340 e. The Balaban J connectivity index is 1.81. The lowest BCUT2D eigenvalue weighted by Crippen LogP contribution is -2.20. The average molecular weight is 218 g/mol. The Hall–Kier alpha value is -1.02. The van der Waals surface area contributed by atoms with Crippen molar-refractivity contribution in [2.45, 2.75) is 25.8 Å². The summed E-state index contributed by atoms with van der Waals surface area (Å²) in [5.74, 6) is 0.918. The van der Waals surface area contributed by atoms with Crippen LogP contribution in [0.5, 0.6) is 0 Å². The van der Waals surface area contributed by atoms with Gasteiger partial charge in [-0.05, 0) is 50.6 Å². The second-order valence-electron chi connectivity index (χ2n) is 5.11. The highest BCUT2D eigenvalue weighted by molar-refractivity contribution is 5.44. The first-order valence-corrected chi connectivity index (χ1v) is 6.21. The minimum absolute atomic E-state index is 0.918. The van der Waals surface area contributed by atoms with Crippen LogP contribution >= 0.6 is 0 Å². The van der Waals surface area contributed by atoms with Gasteiger partial charge in [0.2, 0.25) is 0 Å². The van der Waals surface area contributed by atoms with Gasteiger partial charge in [0.15, 0.2) is 0 Å². The van der Waals surface area contributed by atoms with Crippen LogP contribution in [0.3, 0.4) is 0 Å². The molecule has 0 spiro atoms. The molecule has 88 valence electrons. The van der Waals surface area contributed by atoms with E-state index in [0.717, 1.165) is 19.0 Å². The Morgan fingerprint density at radius 3 is 2.38 bits per heavy atom. The maximum atomic E-state index is 3.51. The highest BCUT2D eigenvalue weighted by Gasteiger charge is 2.16. The molecule has 1 aromatic rings. The maximum Gasteiger partial charge on any atom is 0.0340 e. The van der Waals surface area contributed by atoms with Crippen LogP contribution in [0, 0.1) is 5.92 Å². The van der Waals surface area contributed by atoms with Gasteiger partial charge in [0.1, 0.15) is 0 Å². The monoisotopic (exact) mass is 218 g/mol. The zero-order chi connectivity index (χ0) is 11.4. The zero-order valence-electron chi connectivity index (χ0n) is 10.4. The number of nitrogens with one attached hydrogen (secondary N) is 1. The van der Waals surface area contributed by atoms with Crippen molar-refractivity contribution < 1.29 is 0 Å². The van der Waals surface area contributed by atoms with Crippen LogP contribution in [0.25, 0.3) is 0 Å². The van der Waals surface area contributed by atoms with Crippen molar-refractivity contribution in [3.63, 3.8) is 0 Å². The van der Waals surface area contributed by atoms with E-state index in [1.165, 1.54) is 30.5 Å². The van der Waals surface area contributed by atoms with E-state index in [0.29, 0.717) is 0 Å². The Labute approximate surface area is 98.7 Å². The summed E-state index contributed by atoms with van der Waals surface area (Å²) in [4.78, 5) is 2.19. The molecule has 2 rings (SSSR count). The Bertz CT molecular complexity index is 312. The SMILES string of the molecule is CN(C)Cc1ccc(NCC2CCC2)cc1. The molecular weight excluding hydrogens is 196 g/mol. The lowest BCUT2D eigenvalue weighted by Gasteiger charge is -2.25. The quantitative estimate of drug-likeness (QED) is 0.817. The molecule has 0 atom stereocenters. The van der Waals surface area contributed by atoms with Crippen LogP contribution in [0.1, 0.15) is 24.8 Å². The summed E-state index contributed by atoms with van der Waals surface area (Å²) in [5.41, 5.74) is 2.63. The number of anilines is 1. The van der Waals surface area contributed by atoms with Crippen molar-refractivity contribution in [1.82, 2.24) is 4.90 Å². The van der Waals surface area contributed by atoms with Gasteiger partial charge in [0.25, 0.3) is 0 Å². The van der Waals surface area contributed by atoms with Gasteiger partial charge in [-0.3, -0.25) is 0 Å². The minimum atomic E-state index is 0.918. The molecule has 0 unspecified atom stereocenters. The molecule has 1 N–H and O–H groups in total. The fourth-order valence-electron chi connectivity index (χ4n) is 2.05. The van der Waals surface area contributed by atoms with Crippen LogP contribution in [0.2, 0.25) is 0 Å². The van der Waals surface area contributed by atoms with Crippen molar-refractivity contribution >= 4 is 5.69 Å². The van der Waals surface area contributed by atoms with E-state index in [-0.39, 0.29) is 0 Å². The van der Waals surface area contributed by atoms with Crippen LogP contribution in [-0.2, 0) is 6.54 Å². The summed E-state index contributed by atoms with van der Waals surface area (Å²) >= 11 is 0. The van der Waals surface area contributed by atoms with Gasteiger partial charge in [-0.25, -0.2) is 0 Å². The highest BCUT2D eigenvalue weighted by Crippen LogP contribution is 2.26. The Morgan fingerprint density at radius 2 is 1.88 bits per heavy atom. The zero-order valence-corrected chi connectivity index (χ0v) is 10.4. The number of hydrogen-bond acceptors (Lipinski definition) is 2. The van der Waals surface area contributed by atoms with Gasteiger partial charge in [0, 0.05) is 18.8 Å². The fourth-order valence-corrected chi connectivity index (χ4v) is 2.05. The first-order valence-electron chi connectivity index (χ1n) is 6.21. The van der Waals surface area contributed by atoms with Crippen LogP contribution in [-0.4, -0.2) is 25.5 Å². The number of hydrogen-bond donors (Lipinski definition) is 1. The van der Waals surface area contributed by atoms with Gasteiger partial charge in [-0.1, -0.05) is 18.6 Å². The molecule has 16 heavy (non-hydrogen) atoms. The second-order valence-corrected chi connectivity index (χ2v) is 5.11. The van der Waals surface area contributed by atoms with Gasteiger partial charge in [-0.2, -0.15) is 0 Å². The number of nitrogens with zero attached hydrogens (tertiary/aromatic N) is 1. The summed E-state index contributed by atoms with van der Waals surface area (Å²) in [6.07, 6.45) is 4.24. The molecule has 1 saturated carbocycles. The third kappa shape index (κ3) is 3.24. The molecule has 0 aliphatic heterocycles. The third-order valence-corrected chi connectivity index (χ3v) is 3.27. The van der Waals surface area contributed by atoms with Crippen molar-refractivity contribution in [1.29, 1.82) is 0 Å². The van der Waals surface area contributed by atoms with E-state index in [1.807, 2.05) is 0 Å². The molecule has 1 aromatic carbocycles.